The standard InChI is InChI=1S/C24H31NO2/c1-18(2)22-11-7-8-12-23(22)27-19(3)24(26)25-15-13-21(14-16-25)17-20-9-5-4-6-10-20/h4-12,18-19,21H,13-17H2,1-3H3/t19-/m1/s1. The maximum absolute atomic E-state index is 12.8. The van der Waals surface area contributed by atoms with Crippen LogP contribution in [0.1, 0.15) is 50.7 Å². The molecule has 1 aliphatic heterocycles. The molecule has 0 aliphatic carbocycles. The lowest BCUT2D eigenvalue weighted by atomic mass is 9.90. The maximum atomic E-state index is 12.8. The van der Waals surface area contributed by atoms with Crippen molar-refractivity contribution in [2.24, 2.45) is 5.92 Å². The van der Waals surface area contributed by atoms with Gasteiger partial charge in [-0.15, -0.1) is 0 Å². The van der Waals surface area contributed by atoms with Crippen molar-refractivity contribution in [1.82, 2.24) is 4.90 Å². The molecule has 3 rings (SSSR count). The molecule has 0 bridgehead atoms. The van der Waals surface area contributed by atoms with Gasteiger partial charge in [-0.3, -0.25) is 4.79 Å². The summed E-state index contributed by atoms with van der Waals surface area (Å²) < 4.78 is 6.05. The highest BCUT2D eigenvalue weighted by Gasteiger charge is 2.27. The fourth-order valence-corrected chi connectivity index (χ4v) is 3.87. The second-order valence-corrected chi connectivity index (χ2v) is 7.91. The van der Waals surface area contributed by atoms with E-state index in [0.29, 0.717) is 11.8 Å². The van der Waals surface area contributed by atoms with E-state index >= 15 is 0 Å². The molecule has 1 atom stereocenters. The lowest BCUT2D eigenvalue weighted by Crippen LogP contribution is -2.45. The van der Waals surface area contributed by atoms with Crippen molar-refractivity contribution in [3.05, 3.63) is 65.7 Å². The first-order valence-electron chi connectivity index (χ1n) is 10.1. The molecule has 1 amide bonds. The first-order valence-corrected chi connectivity index (χ1v) is 10.1. The second kappa shape index (κ2) is 9.07. The Morgan fingerprint density at radius 3 is 2.30 bits per heavy atom. The lowest BCUT2D eigenvalue weighted by Gasteiger charge is -2.33. The summed E-state index contributed by atoms with van der Waals surface area (Å²) in [6.45, 7) is 7.82. The molecule has 0 spiro atoms. The van der Waals surface area contributed by atoms with Gasteiger partial charge in [0.15, 0.2) is 6.10 Å². The van der Waals surface area contributed by atoms with Gasteiger partial charge in [-0.05, 0) is 55.2 Å². The van der Waals surface area contributed by atoms with Crippen LogP contribution in [0.3, 0.4) is 0 Å². The SMILES string of the molecule is CC(C)c1ccccc1O[C@H](C)C(=O)N1CCC(Cc2ccccc2)CC1. The first kappa shape index (κ1) is 19.5. The van der Waals surface area contributed by atoms with Gasteiger partial charge in [0.05, 0.1) is 0 Å². The van der Waals surface area contributed by atoms with E-state index in [2.05, 4.69) is 50.2 Å². The summed E-state index contributed by atoms with van der Waals surface area (Å²) in [6, 6.07) is 18.7. The molecule has 1 aliphatic rings. The first-order chi connectivity index (χ1) is 13.0. The molecule has 1 heterocycles. The Kier molecular flexibility index (Phi) is 6.54. The number of nitrogens with zero attached hydrogens (tertiary/aromatic N) is 1. The molecular weight excluding hydrogens is 334 g/mol. The van der Waals surface area contributed by atoms with Gasteiger partial charge in [-0.1, -0.05) is 62.4 Å². The van der Waals surface area contributed by atoms with E-state index in [1.165, 1.54) is 5.56 Å². The minimum absolute atomic E-state index is 0.103. The number of amides is 1. The van der Waals surface area contributed by atoms with Gasteiger partial charge in [0.25, 0.3) is 5.91 Å². The van der Waals surface area contributed by atoms with Gasteiger partial charge < -0.3 is 9.64 Å². The molecule has 0 unspecified atom stereocenters. The van der Waals surface area contributed by atoms with Crippen LogP contribution in [0.25, 0.3) is 0 Å². The largest absolute Gasteiger partial charge is 0.481 e. The topological polar surface area (TPSA) is 29.5 Å². The summed E-state index contributed by atoms with van der Waals surface area (Å²) in [5, 5.41) is 0. The Morgan fingerprint density at radius 2 is 1.63 bits per heavy atom. The molecule has 2 aromatic rings. The van der Waals surface area contributed by atoms with Crippen LogP contribution in [0.4, 0.5) is 0 Å². The van der Waals surface area contributed by atoms with E-state index in [9.17, 15) is 4.79 Å². The van der Waals surface area contributed by atoms with E-state index < -0.39 is 6.10 Å². The molecule has 3 heteroatoms. The minimum atomic E-state index is -0.449. The highest BCUT2D eigenvalue weighted by Crippen LogP contribution is 2.27. The van der Waals surface area contributed by atoms with Crippen LogP contribution in [-0.2, 0) is 11.2 Å². The zero-order valence-corrected chi connectivity index (χ0v) is 16.7. The van der Waals surface area contributed by atoms with Crippen molar-refractivity contribution in [1.29, 1.82) is 0 Å². The molecule has 144 valence electrons. The summed E-state index contributed by atoms with van der Waals surface area (Å²) >= 11 is 0. The third-order valence-corrected chi connectivity index (χ3v) is 5.49. The second-order valence-electron chi connectivity index (χ2n) is 7.91. The average molecular weight is 366 g/mol. The number of hydrogen-bond acceptors (Lipinski definition) is 2. The Balaban J connectivity index is 1.53. The lowest BCUT2D eigenvalue weighted by molar-refractivity contribution is -0.139. The molecule has 1 saturated heterocycles. The Hall–Kier alpha value is -2.29. The molecule has 0 aromatic heterocycles. The number of carbonyl (C=O) groups is 1. The molecule has 0 N–H and O–H groups in total. The minimum Gasteiger partial charge on any atom is -0.481 e. The summed E-state index contributed by atoms with van der Waals surface area (Å²) in [4.78, 5) is 14.8. The molecule has 3 nitrogen and oxygen atoms in total. The molecular formula is C24H31NO2. The van der Waals surface area contributed by atoms with Gasteiger partial charge in [0, 0.05) is 13.1 Å². The van der Waals surface area contributed by atoms with E-state index in [1.54, 1.807) is 0 Å². The summed E-state index contributed by atoms with van der Waals surface area (Å²) in [5.41, 5.74) is 2.54. The predicted octanol–water partition coefficient (Wildman–Crippen LogP) is 5.06. The van der Waals surface area contributed by atoms with Gasteiger partial charge in [-0.25, -0.2) is 0 Å². The molecule has 2 aromatic carbocycles. The number of ether oxygens (including phenoxy) is 1. The van der Waals surface area contributed by atoms with Gasteiger partial charge in [-0.2, -0.15) is 0 Å². The summed E-state index contributed by atoms with van der Waals surface area (Å²) in [5.74, 6) is 1.96. The summed E-state index contributed by atoms with van der Waals surface area (Å²) in [6.07, 6.45) is 2.79. The Morgan fingerprint density at radius 1 is 1.00 bits per heavy atom. The maximum Gasteiger partial charge on any atom is 0.263 e. The predicted molar refractivity (Wildman–Crippen MR) is 110 cm³/mol. The zero-order valence-electron chi connectivity index (χ0n) is 16.7. The van der Waals surface area contributed by atoms with Crippen LogP contribution < -0.4 is 4.74 Å². The third kappa shape index (κ3) is 5.12. The molecule has 0 radical (unpaired) electrons. The van der Waals surface area contributed by atoms with Crippen molar-refractivity contribution in [3.63, 3.8) is 0 Å². The van der Waals surface area contributed by atoms with Crippen molar-refractivity contribution >= 4 is 5.91 Å². The van der Waals surface area contributed by atoms with E-state index in [1.807, 2.05) is 30.0 Å². The monoisotopic (exact) mass is 365 g/mol. The van der Waals surface area contributed by atoms with Crippen LogP contribution in [-0.4, -0.2) is 30.0 Å². The van der Waals surface area contributed by atoms with Crippen LogP contribution in [0.5, 0.6) is 5.75 Å². The highest BCUT2D eigenvalue weighted by atomic mass is 16.5. The molecule has 0 saturated carbocycles. The number of carbonyl (C=O) groups excluding carboxylic acids is 1. The van der Waals surface area contributed by atoms with Crippen LogP contribution in [0, 0.1) is 5.92 Å². The number of benzene rings is 2. The van der Waals surface area contributed by atoms with Crippen LogP contribution in [0.15, 0.2) is 54.6 Å². The molecule has 27 heavy (non-hydrogen) atoms. The Labute approximate surface area is 163 Å². The quantitative estimate of drug-likeness (QED) is 0.716. The fraction of sp³-hybridized carbons (Fsp3) is 0.458. The number of rotatable bonds is 6. The smallest absolute Gasteiger partial charge is 0.263 e. The third-order valence-electron chi connectivity index (χ3n) is 5.49. The van der Waals surface area contributed by atoms with Crippen molar-refractivity contribution < 1.29 is 9.53 Å². The van der Waals surface area contributed by atoms with Gasteiger partial charge >= 0.3 is 0 Å². The summed E-state index contributed by atoms with van der Waals surface area (Å²) in [7, 11) is 0. The number of likely N-dealkylation sites (tertiary alicyclic amines) is 1. The average Bonchev–Trinajstić information content (AvgIpc) is 2.69. The van der Waals surface area contributed by atoms with Crippen molar-refractivity contribution in [3.8, 4) is 5.75 Å². The van der Waals surface area contributed by atoms with Gasteiger partial charge in [0.2, 0.25) is 0 Å². The van der Waals surface area contributed by atoms with E-state index in [-0.39, 0.29) is 5.91 Å². The van der Waals surface area contributed by atoms with E-state index in [4.69, 9.17) is 4.74 Å². The van der Waals surface area contributed by atoms with Gasteiger partial charge in [0.1, 0.15) is 5.75 Å². The van der Waals surface area contributed by atoms with Crippen LogP contribution in [0.2, 0.25) is 0 Å². The fourth-order valence-electron chi connectivity index (χ4n) is 3.87. The van der Waals surface area contributed by atoms with Crippen LogP contribution >= 0.6 is 0 Å². The van der Waals surface area contributed by atoms with E-state index in [0.717, 1.165) is 43.7 Å². The Bertz CT molecular complexity index is 733. The zero-order chi connectivity index (χ0) is 19.2. The van der Waals surface area contributed by atoms with Crippen molar-refractivity contribution in [2.75, 3.05) is 13.1 Å². The number of para-hydroxylation sites is 1. The number of hydrogen-bond donors (Lipinski definition) is 0. The normalized spacial score (nSPS) is 16.4. The van der Waals surface area contributed by atoms with Crippen molar-refractivity contribution in [2.45, 2.75) is 52.1 Å². The highest BCUT2D eigenvalue weighted by molar-refractivity contribution is 5.81. The molecule has 1 fully saturated rings. The number of piperidine rings is 1.